The number of halogens is 2. The minimum Gasteiger partial charge on any atom is -0.444 e. The molecule has 0 saturated heterocycles. The van der Waals surface area contributed by atoms with Gasteiger partial charge in [0.25, 0.3) is 0 Å². The molecule has 0 radical (unpaired) electrons. The molecule has 0 aliphatic heterocycles. The maximum Gasteiger partial charge on any atom is 0.407 e. The van der Waals surface area contributed by atoms with Crippen LogP contribution >= 0.6 is 0 Å². The van der Waals surface area contributed by atoms with Crippen LogP contribution in [-0.2, 0) is 4.74 Å². The molecule has 22 heavy (non-hydrogen) atoms. The van der Waals surface area contributed by atoms with Gasteiger partial charge in [0.05, 0.1) is 12.4 Å². The van der Waals surface area contributed by atoms with E-state index in [1.165, 1.54) is 6.92 Å². The van der Waals surface area contributed by atoms with Crippen molar-refractivity contribution in [2.24, 2.45) is 0 Å². The van der Waals surface area contributed by atoms with E-state index in [9.17, 15) is 18.7 Å². The Hall–Kier alpha value is -1.48. The summed E-state index contributed by atoms with van der Waals surface area (Å²) < 4.78 is 30.0. The molecule has 4 N–H and O–H groups in total. The van der Waals surface area contributed by atoms with Crippen molar-refractivity contribution < 1.29 is 23.4 Å². The van der Waals surface area contributed by atoms with Crippen LogP contribution in [0.2, 0.25) is 0 Å². The molecule has 0 saturated carbocycles. The quantitative estimate of drug-likeness (QED) is 0.288. The van der Waals surface area contributed by atoms with Gasteiger partial charge in [-0.3, -0.25) is 5.41 Å². The molecule has 0 aliphatic rings. The summed E-state index contributed by atoms with van der Waals surface area (Å²) in [7, 11) is 0. The Balaban J connectivity index is 3.93. The van der Waals surface area contributed by atoms with Crippen molar-refractivity contribution in [2.75, 3.05) is 19.6 Å². The van der Waals surface area contributed by atoms with Gasteiger partial charge >= 0.3 is 12.6 Å². The van der Waals surface area contributed by atoms with Crippen molar-refractivity contribution in [2.45, 2.75) is 52.0 Å². The number of rotatable bonds is 9. The van der Waals surface area contributed by atoms with E-state index in [0.29, 0.717) is 11.2 Å². The number of aliphatic hydroxyl groups excluding tert-OH is 1. The first-order valence-corrected chi connectivity index (χ1v) is 6.98. The molecule has 0 spiro atoms. The zero-order valence-corrected chi connectivity index (χ0v) is 13.4. The molecule has 0 fully saturated rings. The molecule has 2 atom stereocenters. The molecule has 1 amide bonds. The third kappa shape index (κ3) is 9.46. The van der Waals surface area contributed by atoms with Gasteiger partial charge in [-0.15, -0.1) is 0 Å². The predicted molar refractivity (Wildman–Crippen MR) is 79.2 cm³/mol. The summed E-state index contributed by atoms with van der Waals surface area (Å²) in [6.45, 7) is 4.25. The summed E-state index contributed by atoms with van der Waals surface area (Å²) in [5.41, 5.74) is -0.617. The van der Waals surface area contributed by atoms with Crippen molar-refractivity contribution in [3.63, 3.8) is 0 Å². The standard InChI is InChI=1S/C13H26F2N4O3/c1-9(19(8-16)11(14)15)5-17-6-10(20)7-18-12(21)22-13(2,3)4/h8-11,16-17,20H,5-7H2,1-4H3,(H,18,21)/t9?,10-/m0/s1. The smallest absolute Gasteiger partial charge is 0.407 e. The highest BCUT2D eigenvalue weighted by atomic mass is 19.3. The highest BCUT2D eigenvalue weighted by molar-refractivity contribution is 5.67. The lowest BCUT2D eigenvalue weighted by molar-refractivity contribution is 0.00365. The fourth-order valence-electron chi connectivity index (χ4n) is 1.53. The summed E-state index contributed by atoms with van der Waals surface area (Å²) in [5, 5.41) is 21.8. The van der Waals surface area contributed by atoms with Gasteiger partial charge in [-0.1, -0.05) is 0 Å². The third-order valence-electron chi connectivity index (χ3n) is 2.58. The van der Waals surface area contributed by atoms with Gasteiger partial charge in [0, 0.05) is 25.7 Å². The molecule has 1 unspecified atom stereocenters. The average Bonchev–Trinajstić information content (AvgIpc) is 2.34. The lowest BCUT2D eigenvalue weighted by Gasteiger charge is -2.26. The number of aliphatic hydroxyl groups is 1. The van der Waals surface area contributed by atoms with Crippen molar-refractivity contribution >= 4 is 12.4 Å². The first-order chi connectivity index (χ1) is 10.1. The summed E-state index contributed by atoms with van der Waals surface area (Å²) in [5.74, 6) is 0. The van der Waals surface area contributed by atoms with Crippen LogP contribution in [0.5, 0.6) is 0 Å². The first kappa shape index (κ1) is 20.5. The number of alkyl halides is 2. The van der Waals surface area contributed by atoms with Gasteiger partial charge in [0.15, 0.2) is 0 Å². The number of alkyl carbamates (subject to hydrolysis) is 1. The molecule has 0 aromatic rings. The fourth-order valence-corrected chi connectivity index (χ4v) is 1.53. The Bertz CT molecular complexity index is 351. The summed E-state index contributed by atoms with van der Waals surface area (Å²) in [4.78, 5) is 12.0. The third-order valence-corrected chi connectivity index (χ3v) is 2.58. The molecular formula is C13H26F2N4O3. The number of ether oxygens (including phenoxy) is 1. The van der Waals surface area contributed by atoms with Gasteiger partial charge in [-0.2, -0.15) is 8.78 Å². The molecule has 0 bridgehead atoms. The number of amides is 1. The highest BCUT2D eigenvalue weighted by Gasteiger charge is 2.19. The minimum absolute atomic E-state index is 0.0145. The Morgan fingerprint density at radius 2 is 1.95 bits per heavy atom. The largest absolute Gasteiger partial charge is 0.444 e. The molecule has 9 heteroatoms. The number of nitrogens with zero attached hydrogens (tertiary/aromatic N) is 1. The van der Waals surface area contributed by atoms with E-state index in [4.69, 9.17) is 10.1 Å². The Labute approximate surface area is 129 Å². The SMILES string of the molecule is CC(CNC[C@H](O)CNC(=O)OC(C)(C)C)N(C=N)C(F)F. The van der Waals surface area contributed by atoms with E-state index in [0.717, 1.165) is 0 Å². The van der Waals surface area contributed by atoms with Crippen molar-refractivity contribution in [3.8, 4) is 0 Å². The average molecular weight is 324 g/mol. The molecule has 0 aromatic carbocycles. The monoisotopic (exact) mass is 324 g/mol. The number of hydrogen-bond donors (Lipinski definition) is 4. The second kappa shape index (κ2) is 9.52. The van der Waals surface area contributed by atoms with E-state index in [2.05, 4.69) is 10.6 Å². The fraction of sp³-hybridized carbons (Fsp3) is 0.846. The molecule has 130 valence electrons. The van der Waals surface area contributed by atoms with E-state index in [-0.39, 0.29) is 19.6 Å². The van der Waals surface area contributed by atoms with Crippen molar-refractivity contribution in [1.29, 1.82) is 5.41 Å². The van der Waals surface area contributed by atoms with Crippen LogP contribution in [0.25, 0.3) is 0 Å². The number of carbonyl (C=O) groups is 1. The lowest BCUT2D eigenvalue weighted by Crippen LogP contribution is -2.45. The summed E-state index contributed by atoms with van der Waals surface area (Å²) in [6.07, 6.45) is -0.926. The first-order valence-electron chi connectivity index (χ1n) is 6.98. The van der Waals surface area contributed by atoms with Crippen LogP contribution in [0.3, 0.4) is 0 Å². The van der Waals surface area contributed by atoms with Crippen LogP contribution in [0.15, 0.2) is 0 Å². The van der Waals surface area contributed by atoms with Gasteiger partial charge < -0.3 is 25.4 Å². The molecule has 0 heterocycles. The van der Waals surface area contributed by atoms with E-state index < -0.39 is 30.4 Å². The molecular weight excluding hydrogens is 298 g/mol. The van der Waals surface area contributed by atoms with E-state index in [1.807, 2.05) is 0 Å². The van der Waals surface area contributed by atoms with Gasteiger partial charge in [0.2, 0.25) is 0 Å². The van der Waals surface area contributed by atoms with E-state index in [1.54, 1.807) is 20.8 Å². The molecule has 0 aliphatic carbocycles. The Morgan fingerprint density at radius 3 is 2.41 bits per heavy atom. The van der Waals surface area contributed by atoms with Crippen LogP contribution in [0.4, 0.5) is 13.6 Å². The van der Waals surface area contributed by atoms with Crippen LogP contribution < -0.4 is 10.6 Å². The molecule has 7 nitrogen and oxygen atoms in total. The van der Waals surface area contributed by atoms with Gasteiger partial charge in [-0.25, -0.2) is 4.79 Å². The zero-order chi connectivity index (χ0) is 17.3. The lowest BCUT2D eigenvalue weighted by atomic mass is 10.2. The van der Waals surface area contributed by atoms with Gasteiger partial charge in [0.1, 0.15) is 5.60 Å². The number of carbonyl (C=O) groups excluding carboxylic acids is 1. The summed E-state index contributed by atoms with van der Waals surface area (Å²) in [6, 6.07) is -0.594. The molecule has 0 aromatic heterocycles. The van der Waals surface area contributed by atoms with E-state index >= 15 is 0 Å². The number of hydrogen-bond acceptors (Lipinski definition) is 5. The van der Waals surface area contributed by atoms with Crippen LogP contribution in [0.1, 0.15) is 27.7 Å². The highest BCUT2D eigenvalue weighted by Crippen LogP contribution is 2.06. The second-order valence-electron chi connectivity index (χ2n) is 5.90. The Kier molecular flexibility index (Phi) is 8.88. The normalized spacial score (nSPS) is 14.4. The predicted octanol–water partition coefficient (Wildman–Crippen LogP) is 0.982. The van der Waals surface area contributed by atoms with Crippen molar-refractivity contribution in [3.05, 3.63) is 0 Å². The topological polar surface area (TPSA) is 97.7 Å². The maximum atomic E-state index is 12.5. The summed E-state index contributed by atoms with van der Waals surface area (Å²) >= 11 is 0. The maximum absolute atomic E-state index is 12.5. The second-order valence-corrected chi connectivity index (χ2v) is 5.90. The Morgan fingerprint density at radius 1 is 1.36 bits per heavy atom. The van der Waals surface area contributed by atoms with Gasteiger partial charge in [-0.05, 0) is 27.7 Å². The minimum atomic E-state index is -2.74. The molecule has 0 rings (SSSR count). The van der Waals surface area contributed by atoms with Crippen LogP contribution in [0, 0.1) is 5.41 Å². The van der Waals surface area contributed by atoms with Crippen molar-refractivity contribution in [1.82, 2.24) is 15.5 Å². The number of nitrogens with one attached hydrogen (secondary N) is 3. The zero-order valence-electron chi connectivity index (χ0n) is 13.4. The van der Waals surface area contributed by atoms with Crippen LogP contribution in [-0.4, -0.2) is 66.4 Å².